The van der Waals surface area contributed by atoms with Gasteiger partial charge in [0.1, 0.15) is 12.4 Å². The fraction of sp³-hybridized carbons (Fsp3) is 0.333. The van der Waals surface area contributed by atoms with Crippen LogP contribution in [0.3, 0.4) is 0 Å². The molecule has 0 radical (unpaired) electrons. The molecule has 0 heterocycles. The minimum absolute atomic E-state index is 0.207. The van der Waals surface area contributed by atoms with Gasteiger partial charge in [-0.25, -0.2) is 0 Å². The molecule has 0 amide bonds. The molecule has 0 fully saturated rings. The second kappa shape index (κ2) is 8.45. The van der Waals surface area contributed by atoms with E-state index in [-0.39, 0.29) is 6.04 Å². The lowest BCUT2D eigenvalue weighted by atomic mass is 10.1. The Morgan fingerprint density at radius 1 is 0.905 bits per heavy atom. The number of methoxy groups -OCH3 is 1. The molecule has 3 heteroatoms. The Balaban J connectivity index is 1.87. The summed E-state index contributed by atoms with van der Waals surface area (Å²) >= 11 is 0. The predicted molar refractivity (Wildman–Crippen MR) is 85.9 cm³/mol. The van der Waals surface area contributed by atoms with Gasteiger partial charge in [0.25, 0.3) is 0 Å². The van der Waals surface area contributed by atoms with Gasteiger partial charge in [0.2, 0.25) is 0 Å². The summed E-state index contributed by atoms with van der Waals surface area (Å²) in [4.78, 5) is 0. The summed E-state index contributed by atoms with van der Waals surface area (Å²) in [5, 5.41) is 3.17. The van der Waals surface area contributed by atoms with E-state index < -0.39 is 0 Å². The van der Waals surface area contributed by atoms with Crippen LogP contribution in [0.1, 0.15) is 11.1 Å². The highest BCUT2D eigenvalue weighted by Crippen LogP contribution is 2.15. The molecule has 0 aliphatic heterocycles. The average molecular weight is 285 g/mol. The SMILES string of the molecule is CNC(COC)COc1ccc(Cc2ccccc2)cc1. The van der Waals surface area contributed by atoms with Crippen molar-refractivity contribution in [2.45, 2.75) is 12.5 Å². The van der Waals surface area contributed by atoms with Crippen LogP contribution in [0.25, 0.3) is 0 Å². The molecule has 1 atom stereocenters. The van der Waals surface area contributed by atoms with E-state index in [1.165, 1.54) is 11.1 Å². The first kappa shape index (κ1) is 15.5. The van der Waals surface area contributed by atoms with Gasteiger partial charge in [0.05, 0.1) is 12.6 Å². The van der Waals surface area contributed by atoms with Crippen LogP contribution in [0.2, 0.25) is 0 Å². The van der Waals surface area contributed by atoms with Gasteiger partial charge >= 0.3 is 0 Å². The van der Waals surface area contributed by atoms with Gasteiger partial charge in [-0.15, -0.1) is 0 Å². The molecule has 2 aromatic carbocycles. The van der Waals surface area contributed by atoms with E-state index in [9.17, 15) is 0 Å². The summed E-state index contributed by atoms with van der Waals surface area (Å²) in [5.41, 5.74) is 2.61. The van der Waals surface area contributed by atoms with Crippen LogP contribution >= 0.6 is 0 Å². The molecule has 2 aromatic rings. The van der Waals surface area contributed by atoms with Gasteiger partial charge in [-0.1, -0.05) is 42.5 Å². The Morgan fingerprint density at radius 2 is 1.57 bits per heavy atom. The lowest BCUT2D eigenvalue weighted by molar-refractivity contribution is 0.140. The molecule has 0 spiro atoms. The highest BCUT2D eigenvalue weighted by atomic mass is 16.5. The van der Waals surface area contributed by atoms with Crippen molar-refractivity contribution >= 4 is 0 Å². The van der Waals surface area contributed by atoms with E-state index in [4.69, 9.17) is 9.47 Å². The van der Waals surface area contributed by atoms with Gasteiger partial charge in [0.15, 0.2) is 0 Å². The maximum absolute atomic E-state index is 5.77. The number of rotatable bonds is 8. The summed E-state index contributed by atoms with van der Waals surface area (Å²) in [6.45, 7) is 1.24. The van der Waals surface area contributed by atoms with Crippen molar-refractivity contribution in [3.63, 3.8) is 0 Å². The topological polar surface area (TPSA) is 30.5 Å². The van der Waals surface area contributed by atoms with E-state index >= 15 is 0 Å². The third kappa shape index (κ3) is 5.21. The van der Waals surface area contributed by atoms with Crippen LogP contribution in [0.15, 0.2) is 54.6 Å². The number of ether oxygens (including phenoxy) is 2. The molecule has 2 rings (SSSR count). The first-order valence-electron chi connectivity index (χ1n) is 7.23. The quantitative estimate of drug-likeness (QED) is 0.809. The maximum Gasteiger partial charge on any atom is 0.119 e. The maximum atomic E-state index is 5.77. The normalized spacial score (nSPS) is 12.1. The molecule has 0 aliphatic rings. The second-order valence-electron chi connectivity index (χ2n) is 5.06. The van der Waals surface area contributed by atoms with Gasteiger partial charge < -0.3 is 14.8 Å². The molecule has 0 bridgehead atoms. The fourth-order valence-corrected chi connectivity index (χ4v) is 2.15. The Kier molecular flexibility index (Phi) is 6.25. The fourth-order valence-electron chi connectivity index (χ4n) is 2.15. The van der Waals surface area contributed by atoms with E-state index in [1.807, 2.05) is 25.2 Å². The Hall–Kier alpha value is -1.84. The number of benzene rings is 2. The number of hydrogen-bond acceptors (Lipinski definition) is 3. The molecule has 0 aliphatic carbocycles. The Bertz CT molecular complexity index is 511. The van der Waals surface area contributed by atoms with Crippen LogP contribution in [0.4, 0.5) is 0 Å². The molecule has 0 aromatic heterocycles. The molecule has 21 heavy (non-hydrogen) atoms. The molecule has 112 valence electrons. The highest BCUT2D eigenvalue weighted by molar-refractivity contribution is 5.31. The van der Waals surface area contributed by atoms with Crippen LogP contribution in [-0.2, 0) is 11.2 Å². The second-order valence-corrected chi connectivity index (χ2v) is 5.06. The molecule has 1 N–H and O–H groups in total. The summed E-state index contributed by atoms with van der Waals surface area (Å²) < 4.78 is 10.9. The van der Waals surface area contributed by atoms with Gasteiger partial charge in [-0.05, 0) is 36.7 Å². The third-order valence-corrected chi connectivity index (χ3v) is 3.40. The summed E-state index contributed by atoms with van der Waals surface area (Å²) in [6.07, 6.45) is 0.948. The molecular weight excluding hydrogens is 262 g/mol. The molecule has 0 saturated heterocycles. The molecule has 1 unspecified atom stereocenters. The van der Waals surface area contributed by atoms with E-state index in [0.717, 1.165) is 12.2 Å². The predicted octanol–water partition coefficient (Wildman–Crippen LogP) is 2.89. The number of hydrogen-bond donors (Lipinski definition) is 1. The standard InChI is InChI=1S/C18H23NO2/c1-19-17(13-20-2)14-21-18-10-8-16(9-11-18)12-15-6-4-3-5-7-15/h3-11,17,19H,12-14H2,1-2H3. The summed E-state index contributed by atoms with van der Waals surface area (Å²) in [6, 6.07) is 19.0. The Labute approximate surface area is 126 Å². The first-order chi connectivity index (χ1) is 10.3. The number of nitrogens with one attached hydrogen (secondary N) is 1. The highest BCUT2D eigenvalue weighted by Gasteiger charge is 2.06. The van der Waals surface area contributed by atoms with Crippen molar-refractivity contribution in [2.75, 3.05) is 27.4 Å². The minimum Gasteiger partial charge on any atom is -0.492 e. The van der Waals surface area contributed by atoms with Crippen LogP contribution in [0, 0.1) is 0 Å². The zero-order chi connectivity index (χ0) is 14.9. The van der Waals surface area contributed by atoms with E-state index in [2.05, 4.69) is 41.7 Å². The van der Waals surface area contributed by atoms with Crippen molar-refractivity contribution in [1.82, 2.24) is 5.32 Å². The van der Waals surface area contributed by atoms with Crippen LogP contribution < -0.4 is 10.1 Å². The zero-order valence-corrected chi connectivity index (χ0v) is 12.7. The van der Waals surface area contributed by atoms with E-state index in [1.54, 1.807) is 7.11 Å². The summed E-state index contributed by atoms with van der Waals surface area (Å²) in [5.74, 6) is 0.892. The van der Waals surface area contributed by atoms with E-state index in [0.29, 0.717) is 13.2 Å². The van der Waals surface area contributed by atoms with Gasteiger partial charge in [-0.3, -0.25) is 0 Å². The van der Waals surface area contributed by atoms with Crippen molar-refractivity contribution in [1.29, 1.82) is 0 Å². The summed E-state index contributed by atoms with van der Waals surface area (Å²) in [7, 11) is 3.61. The first-order valence-corrected chi connectivity index (χ1v) is 7.23. The molecular formula is C18H23NO2. The zero-order valence-electron chi connectivity index (χ0n) is 12.7. The average Bonchev–Trinajstić information content (AvgIpc) is 2.54. The lowest BCUT2D eigenvalue weighted by Gasteiger charge is -2.16. The van der Waals surface area contributed by atoms with Crippen molar-refractivity contribution < 1.29 is 9.47 Å². The largest absolute Gasteiger partial charge is 0.492 e. The van der Waals surface area contributed by atoms with Gasteiger partial charge in [-0.2, -0.15) is 0 Å². The Morgan fingerprint density at radius 3 is 2.19 bits per heavy atom. The van der Waals surface area contributed by atoms with Gasteiger partial charge in [0, 0.05) is 7.11 Å². The lowest BCUT2D eigenvalue weighted by Crippen LogP contribution is -2.35. The van der Waals surface area contributed by atoms with Crippen molar-refractivity contribution in [2.24, 2.45) is 0 Å². The minimum atomic E-state index is 0.207. The van der Waals surface area contributed by atoms with Crippen LogP contribution in [0.5, 0.6) is 5.75 Å². The van der Waals surface area contributed by atoms with Crippen LogP contribution in [-0.4, -0.2) is 33.4 Å². The smallest absolute Gasteiger partial charge is 0.119 e. The monoisotopic (exact) mass is 285 g/mol. The third-order valence-electron chi connectivity index (χ3n) is 3.40. The van der Waals surface area contributed by atoms with Crippen molar-refractivity contribution in [3.05, 3.63) is 65.7 Å². The molecule has 3 nitrogen and oxygen atoms in total. The molecule has 0 saturated carbocycles. The number of likely N-dealkylation sites (N-methyl/N-ethyl adjacent to an activating group) is 1. The van der Waals surface area contributed by atoms with Crippen molar-refractivity contribution in [3.8, 4) is 5.75 Å².